The van der Waals surface area contributed by atoms with E-state index in [-0.39, 0.29) is 11.9 Å². The predicted octanol–water partition coefficient (Wildman–Crippen LogP) is 1.67. The Hall–Kier alpha value is -1.69. The molecule has 2 rings (SSSR count). The summed E-state index contributed by atoms with van der Waals surface area (Å²) < 4.78 is 0. The number of hydrogen-bond acceptors (Lipinski definition) is 4. The molecule has 2 aromatic rings. The number of aryl methyl sites for hydroxylation is 1. The van der Waals surface area contributed by atoms with Crippen LogP contribution in [0.1, 0.15) is 34.7 Å². The standard InChI is InChI=1S/C10H12N4OS/c1-6-3-16-4-8(6)10(15)13-7(2)9-11-5-12-14-9/h3-5,7H,1-2H3,(H,13,15)(H,11,12,14). The molecular weight excluding hydrogens is 224 g/mol. The Morgan fingerprint density at radius 3 is 2.94 bits per heavy atom. The maximum Gasteiger partial charge on any atom is 0.252 e. The van der Waals surface area contributed by atoms with Gasteiger partial charge in [-0.25, -0.2) is 4.98 Å². The number of amides is 1. The Morgan fingerprint density at radius 2 is 2.38 bits per heavy atom. The van der Waals surface area contributed by atoms with Crippen LogP contribution in [-0.2, 0) is 0 Å². The minimum absolute atomic E-state index is 0.0809. The molecule has 0 spiro atoms. The van der Waals surface area contributed by atoms with E-state index in [0.29, 0.717) is 5.82 Å². The maximum atomic E-state index is 11.9. The van der Waals surface area contributed by atoms with Crippen LogP contribution >= 0.6 is 11.3 Å². The van der Waals surface area contributed by atoms with Crippen molar-refractivity contribution in [2.75, 3.05) is 0 Å². The smallest absolute Gasteiger partial charge is 0.252 e. The highest BCUT2D eigenvalue weighted by atomic mass is 32.1. The summed E-state index contributed by atoms with van der Waals surface area (Å²) in [5.41, 5.74) is 1.71. The van der Waals surface area contributed by atoms with Crippen LogP contribution in [0.15, 0.2) is 17.1 Å². The van der Waals surface area contributed by atoms with Crippen molar-refractivity contribution in [1.29, 1.82) is 0 Å². The first kappa shape index (κ1) is 10.8. The quantitative estimate of drug-likeness (QED) is 0.851. The van der Waals surface area contributed by atoms with Gasteiger partial charge in [-0.05, 0) is 24.8 Å². The van der Waals surface area contributed by atoms with E-state index in [1.165, 1.54) is 17.7 Å². The van der Waals surface area contributed by atoms with Crippen LogP contribution < -0.4 is 5.32 Å². The second kappa shape index (κ2) is 4.44. The lowest BCUT2D eigenvalue weighted by Crippen LogP contribution is -2.27. The average molecular weight is 236 g/mol. The molecule has 1 atom stereocenters. The van der Waals surface area contributed by atoms with E-state index in [9.17, 15) is 4.79 Å². The summed E-state index contributed by atoms with van der Waals surface area (Å²) in [5, 5.41) is 13.1. The highest BCUT2D eigenvalue weighted by molar-refractivity contribution is 7.08. The maximum absolute atomic E-state index is 11.9. The molecule has 0 aromatic carbocycles. The van der Waals surface area contributed by atoms with Crippen LogP contribution in [0.4, 0.5) is 0 Å². The van der Waals surface area contributed by atoms with Gasteiger partial charge in [-0.2, -0.15) is 16.4 Å². The SMILES string of the molecule is Cc1cscc1C(=O)NC(C)c1ncn[nH]1. The van der Waals surface area contributed by atoms with Gasteiger partial charge in [0.05, 0.1) is 11.6 Å². The van der Waals surface area contributed by atoms with Crippen LogP contribution in [0.5, 0.6) is 0 Å². The highest BCUT2D eigenvalue weighted by Crippen LogP contribution is 2.15. The summed E-state index contributed by atoms with van der Waals surface area (Å²) in [6, 6.07) is -0.172. The fraction of sp³-hybridized carbons (Fsp3) is 0.300. The van der Waals surface area contributed by atoms with Gasteiger partial charge in [0.25, 0.3) is 5.91 Å². The molecule has 0 bridgehead atoms. The molecule has 0 aliphatic carbocycles. The van der Waals surface area contributed by atoms with Gasteiger partial charge < -0.3 is 5.32 Å². The first-order valence-corrected chi connectivity index (χ1v) is 5.81. The summed E-state index contributed by atoms with van der Waals surface area (Å²) >= 11 is 1.52. The molecule has 0 aliphatic heterocycles. The van der Waals surface area contributed by atoms with E-state index in [4.69, 9.17) is 0 Å². The van der Waals surface area contributed by atoms with E-state index in [0.717, 1.165) is 11.1 Å². The number of nitrogens with one attached hydrogen (secondary N) is 2. The summed E-state index contributed by atoms with van der Waals surface area (Å²) in [6.45, 7) is 3.78. The Balaban J connectivity index is 2.06. The Bertz CT molecular complexity index is 477. The highest BCUT2D eigenvalue weighted by Gasteiger charge is 2.15. The number of aromatic amines is 1. The van der Waals surface area contributed by atoms with Crippen LogP contribution in [0.2, 0.25) is 0 Å². The van der Waals surface area contributed by atoms with Crippen molar-refractivity contribution < 1.29 is 4.79 Å². The number of hydrogen-bond donors (Lipinski definition) is 2. The fourth-order valence-electron chi connectivity index (χ4n) is 1.36. The number of carbonyl (C=O) groups is 1. The molecule has 16 heavy (non-hydrogen) atoms. The third-order valence-corrected chi connectivity index (χ3v) is 3.15. The summed E-state index contributed by atoms with van der Waals surface area (Å²) in [7, 11) is 0. The zero-order valence-corrected chi connectivity index (χ0v) is 9.84. The van der Waals surface area contributed by atoms with Crippen molar-refractivity contribution in [2.45, 2.75) is 19.9 Å². The van der Waals surface area contributed by atoms with E-state index in [1.807, 2.05) is 24.6 Å². The molecule has 0 saturated heterocycles. The van der Waals surface area contributed by atoms with Gasteiger partial charge in [-0.1, -0.05) is 0 Å². The van der Waals surface area contributed by atoms with Gasteiger partial charge in [0.2, 0.25) is 0 Å². The number of aromatic nitrogens is 3. The Morgan fingerprint density at radius 1 is 1.56 bits per heavy atom. The molecular formula is C10H12N4OS. The zero-order chi connectivity index (χ0) is 11.5. The number of nitrogens with zero attached hydrogens (tertiary/aromatic N) is 2. The molecule has 0 radical (unpaired) electrons. The first-order chi connectivity index (χ1) is 7.68. The van der Waals surface area contributed by atoms with Crippen molar-refractivity contribution in [3.05, 3.63) is 34.0 Å². The zero-order valence-electron chi connectivity index (χ0n) is 9.02. The van der Waals surface area contributed by atoms with Crippen molar-refractivity contribution in [3.8, 4) is 0 Å². The van der Waals surface area contributed by atoms with Gasteiger partial charge in [0.15, 0.2) is 0 Å². The second-order valence-electron chi connectivity index (χ2n) is 3.53. The lowest BCUT2D eigenvalue weighted by Gasteiger charge is -2.10. The molecule has 2 N–H and O–H groups in total. The largest absolute Gasteiger partial charge is 0.342 e. The van der Waals surface area contributed by atoms with Crippen molar-refractivity contribution in [3.63, 3.8) is 0 Å². The summed E-state index contributed by atoms with van der Waals surface area (Å²) in [6.07, 6.45) is 1.42. The minimum atomic E-state index is -0.172. The van der Waals surface area contributed by atoms with Crippen LogP contribution in [0.25, 0.3) is 0 Å². The van der Waals surface area contributed by atoms with Crippen LogP contribution in [-0.4, -0.2) is 21.1 Å². The van der Waals surface area contributed by atoms with E-state index in [2.05, 4.69) is 20.5 Å². The molecule has 1 amide bonds. The normalized spacial score (nSPS) is 12.4. The summed E-state index contributed by atoms with van der Waals surface area (Å²) in [5.74, 6) is 0.573. The van der Waals surface area contributed by atoms with Crippen molar-refractivity contribution in [1.82, 2.24) is 20.5 Å². The molecule has 0 aliphatic rings. The molecule has 0 saturated carbocycles. The lowest BCUT2D eigenvalue weighted by molar-refractivity contribution is 0.0938. The van der Waals surface area contributed by atoms with Gasteiger partial charge in [-0.3, -0.25) is 9.89 Å². The third kappa shape index (κ3) is 2.11. The number of carbonyl (C=O) groups excluding carboxylic acids is 1. The molecule has 1 unspecified atom stereocenters. The van der Waals surface area contributed by atoms with Gasteiger partial charge in [-0.15, -0.1) is 0 Å². The van der Waals surface area contributed by atoms with E-state index < -0.39 is 0 Å². The van der Waals surface area contributed by atoms with E-state index >= 15 is 0 Å². The predicted molar refractivity (Wildman–Crippen MR) is 61.3 cm³/mol. The minimum Gasteiger partial charge on any atom is -0.342 e. The van der Waals surface area contributed by atoms with Crippen molar-refractivity contribution >= 4 is 17.2 Å². The summed E-state index contributed by atoms with van der Waals surface area (Å²) in [4.78, 5) is 15.9. The molecule has 0 fully saturated rings. The molecule has 6 heteroatoms. The van der Waals surface area contributed by atoms with Crippen LogP contribution in [0, 0.1) is 6.92 Å². The topological polar surface area (TPSA) is 70.7 Å². The molecule has 2 heterocycles. The number of H-pyrrole nitrogens is 1. The lowest BCUT2D eigenvalue weighted by atomic mass is 10.2. The second-order valence-corrected chi connectivity index (χ2v) is 4.28. The van der Waals surface area contributed by atoms with Gasteiger partial charge >= 0.3 is 0 Å². The van der Waals surface area contributed by atoms with Crippen LogP contribution in [0.3, 0.4) is 0 Å². The fourth-order valence-corrected chi connectivity index (χ4v) is 2.19. The van der Waals surface area contributed by atoms with Crippen molar-refractivity contribution in [2.24, 2.45) is 0 Å². The Labute approximate surface area is 96.9 Å². The Kier molecular flexibility index (Phi) is 3.00. The average Bonchev–Trinajstić information content (AvgIpc) is 2.86. The number of thiophene rings is 1. The van der Waals surface area contributed by atoms with Gasteiger partial charge in [0.1, 0.15) is 12.2 Å². The van der Waals surface area contributed by atoms with Gasteiger partial charge in [0, 0.05) is 5.38 Å². The monoisotopic (exact) mass is 236 g/mol. The van der Waals surface area contributed by atoms with E-state index in [1.54, 1.807) is 0 Å². The third-order valence-electron chi connectivity index (χ3n) is 2.29. The molecule has 5 nitrogen and oxygen atoms in total. The molecule has 84 valence electrons. The first-order valence-electron chi connectivity index (χ1n) is 4.87. The number of rotatable bonds is 3. The molecule has 2 aromatic heterocycles.